The van der Waals surface area contributed by atoms with E-state index in [-0.39, 0.29) is 0 Å². The molecule has 1 aromatic heterocycles. The molecule has 4 heteroatoms. The van der Waals surface area contributed by atoms with E-state index in [9.17, 15) is 0 Å². The third kappa shape index (κ3) is 10.4. The highest BCUT2D eigenvalue weighted by Gasteiger charge is 2.11. The number of nitrogens with zero attached hydrogens (tertiary/aromatic N) is 3. The van der Waals surface area contributed by atoms with Crippen LogP contribution in [0.1, 0.15) is 85.1 Å². The molecule has 1 aliphatic rings. The number of pyridine rings is 1. The Morgan fingerprint density at radius 3 is 2.62 bits per heavy atom. The van der Waals surface area contributed by atoms with Crippen LogP contribution in [0.15, 0.2) is 88.7 Å². The van der Waals surface area contributed by atoms with Gasteiger partial charge in [-0.1, -0.05) is 83.2 Å². The van der Waals surface area contributed by atoms with E-state index in [0.29, 0.717) is 22.9 Å². The van der Waals surface area contributed by atoms with E-state index in [1.807, 2.05) is 6.20 Å². The Labute approximate surface area is 237 Å². The van der Waals surface area contributed by atoms with E-state index < -0.39 is 0 Å². The number of unbranched alkanes of at least 4 members (excludes halogenated alkanes) is 1. The summed E-state index contributed by atoms with van der Waals surface area (Å²) >= 11 is 0. The van der Waals surface area contributed by atoms with Crippen molar-refractivity contribution in [2.75, 3.05) is 12.4 Å². The zero-order valence-corrected chi connectivity index (χ0v) is 25.1. The first-order chi connectivity index (χ1) is 18.6. The number of benzene rings is 1. The van der Waals surface area contributed by atoms with Crippen LogP contribution < -0.4 is 5.32 Å². The third-order valence-electron chi connectivity index (χ3n) is 7.25. The van der Waals surface area contributed by atoms with Gasteiger partial charge >= 0.3 is 0 Å². The van der Waals surface area contributed by atoms with Crippen LogP contribution in [-0.4, -0.2) is 23.6 Å². The Hall–Kier alpha value is -3.27. The van der Waals surface area contributed by atoms with Crippen molar-refractivity contribution in [2.45, 2.75) is 86.0 Å². The largest absolute Gasteiger partial charge is 0.338 e. The maximum atomic E-state index is 4.79. The Balaban J connectivity index is 1.59. The fraction of sp³-hybridized carbons (Fsp3) is 0.457. The molecule has 208 valence electrons. The van der Waals surface area contributed by atoms with Gasteiger partial charge in [-0.05, 0) is 97.6 Å². The third-order valence-corrected chi connectivity index (χ3v) is 7.25. The van der Waals surface area contributed by atoms with E-state index in [4.69, 9.17) is 4.99 Å². The number of rotatable bonds is 12. The highest BCUT2D eigenvalue weighted by Crippen LogP contribution is 2.26. The molecule has 1 heterocycles. The van der Waals surface area contributed by atoms with Gasteiger partial charge in [0.05, 0.1) is 5.70 Å². The van der Waals surface area contributed by atoms with Crippen molar-refractivity contribution >= 4 is 17.4 Å². The molecule has 0 radical (unpaired) electrons. The molecule has 1 atom stereocenters. The minimum atomic E-state index is 0.404. The van der Waals surface area contributed by atoms with E-state index in [2.05, 4.69) is 111 Å². The topological polar surface area (TPSA) is 49.6 Å². The minimum Gasteiger partial charge on any atom is -0.338 e. The average Bonchev–Trinajstić information content (AvgIpc) is 2.93. The lowest BCUT2D eigenvalue weighted by molar-refractivity contribution is 0.360. The summed E-state index contributed by atoms with van der Waals surface area (Å²) in [4.78, 5) is 13.7. The van der Waals surface area contributed by atoms with Gasteiger partial charge in [-0.25, -0.2) is 9.98 Å². The number of nitrogens with one attached hydrogen (secondary N) is 1. The molecule has 0 aliphatic heterocycles. The Morgan fingerprint density at radius 1 is 1.10 bits per heavy atom. The SMILES string of the molecule is C=C(Nc1cc(-c2cccc(CCCCC(C)(C)C)c2)ccn1)C(=N/C)/N=C(\C)CCC(C)C1=CCCC=C1. The summed E-state index contributed by atoms with van der Waals surface area (Å²) < 4.78 is 0. The number of aromatic nitrogens is 1. The smallest absolute Gasteiger partial charge is 0.170 e. The number of hydrogen-bond donors (Lipinski definition) is 1. The molecule has 39 heavy (non-hydrogen) atoms. The summed E-state index contributed by atoms with van der Waals surface area (Å²) in [5.41, 5.74) is 7.28. The van der Waals surface area contributed by atoms with E-state index in [1.54, 1.807) is 7.05 Å². The van der Waals surface area contributed by atoms with Crippen molar-refractivity contribution in [3.8, 4) is 11.1 Å². The molecule has 0 fully saturated rings. The molecule has 1 aromatic carbocycles. The summed E-state index contributed by atoms with van der Waals surface area (Å²) in [7, 11) is 1.76. The normalized spacial score (nSPS) is 15.2. The molecular formula is C35H48N4. The van der Waals surface area contributed by atoms with Gasteiger partial charge in [0.1, 0.15) is 5.82 Å². The van der Waals surface area contributed by atoms with Crippen molar-refractivity contribution in [2.24, 2.45) is 21.3 Å². The number of allylic oxidation sites excluding steroid dienone is 4. The van der Waals surface area contributed by atoms with Crippen LogP contribution in [0.25, 0.3) is 11.1 Å². The molecule has 0 spiro atoms. The molecule has 3 rings (SSSR count). The Bertz CT molecular complexity index is 1220. The molecule has 0 amide bonds. The molecule has 4 nitrogen and oxygen atoms in total. The summed E-state index contributed by atoms with van der Waals surface area (Å²) in [5.74, 6) is 1.89. The lowest BCUT2D eigenvalue weighted by Crippen LogP contribution is -2.12. The van der Waals surface area contributed by atoms with Crippen LogP contribution >= 0.6 is 0 Å². The molecular weight excluding hydrogens is 476 g/mol. The van der Waals surface area contributed by atoms with Crippen LogP contribution in [0, 0.1) is 11.3 Å². The second kappa shape index (κ2) is 14.8. The van der Waals surface area contributed by atoms with Crippen molar-refractivity contribution in [3.63, 3.8) is 0 Å². The lowest BCUT2D eigenvalue weighted by atomic mass is 9.89. The van der Waals surface area contributed by atoms with Gasteiger partial charge in [-0.3, -0.25) is 4.99 Å². The van der Waals surface area contributed by atoms with Crippen LogP contribution in [0.4, 0.5) is 5.82 Å². The maximum absolute atomic E-state index is 4.79. The van der Waals surface area contributed by atoms with E-state index in [1.165, 1.54) is 36.0 Å². The molecule has 0 bridgehead atoms. The van der Waals surface area contributed by atoms with Gasteiger partial charge in [0.15, 0.2) is 5.84 Å². The lowest BCUT2D eigenvalue weighted by Gasteiger charge is -2.17. The van der Waals surface area contributed by atoms with Crippen molar-refractivity contribution < 1.29 is 0 Å². The Kier molecular flexibility index (Phi) is 11.5. The first-order valence-electron chi connectivity index (χ1n) is 14.5. The quantitative estimate of drug-likeness (QED) is 0.171. The van der Waals surface area contributed by atoms with E-state index >= 15 is 0 Å². The molecule has 1 aliphatic carbocycles. The average molecular weight is 525 g/mol. The van der Waals surface area contributed by atoms with Crippen LogP contribution in [0.2, 0.25) is 0 Å². The zero-order chi connectivity index (χ0) is 28.3. The van der Waals surface area contributed by atoms with E-state index in [0.717, 1.165) is 49.2 Å². The highest BCUT2D eigenvalue weighted by atomic mass is 15.0. The second-order valence-corrected chi connectivity index (χ2v) is 12.0. The first-order valence-corrected chi connectivity index (χ1v) is 14.5. The predicted molar refractivity (Wildman–Crippen MR) is 171 cm³/mol. The van der Waals surface area contributed by atoms with Crippen molar-refractivity contribution in [1.29, 1.82) is 0 Å². The van der Waals surface area contributed by atoms with Crippen LogP contribution in [-0.2, 0) is 6.42 Å². The fourth-order valence-electron chi connectivity index (χ4n) is 4.86. The second-order valence-electron chi connectivity index (χ2n) is 12.0. The Morgan fingerprint density at radius 2 is 1.90 bits per heavy atom. The standard InChI is InChI=1S/C35H48N4/c1-26(30-16-9-8-10-17-30)19-20-27(2)38-34(36-7)28(3)39-33-25-32(21-23-37-33)31-18-13-15-29(24-31)14-11-12-22-35(4,5)6/h9,13,15-18,21,23-26H,3,8,10-12,14,19-20,22H2,1-2,4-7H3,(H,37,39)/b36-34-,38-27+. The number of amidine groups is 1. The van der Waals surface area contributed by atoms with Gasteiger partial charge in [0, 0.05) is 19.0 Å². The summed E-state index contributed by atoms with van der Waals surface area (Å²) in [6, 6.07) is 13.0. The minimum absolute atomic E-state index is 0.404. The molecule has 1 N–H and O–H groups in total. The molecule has 0 saturated heterocycles. The van der Waals surface area contributed by atoms with Gasteiger partial charge in [-0.15, -0.1) is 0 Å². The van der Waals surface area contributed by atoms with Gasteiger partial charge in [-0.2, -0.15) is 0 Å². The molecule has 0 saturated carbocycles. The number of aliphatic imine (C=N–C) groups is 2. The maximum Gasteiger partial charge on any atom is 0.170 e. The first kappa shape index (κ1) is 30.3. The number of hydrogen-bond acceptors (Lipinski definition) is 3. The van der Waals surface area contributed by atoms with Crippen molar-refractivity contribution in [1.82, 2.24) is 4.98 Å². The monoisotopic (exact) mass is 524 g/mol. The van der Waals surface area contributed by atoms with Crippen molar-refractivity contribution in [3.05, 3.63) is 84.2 Å². The van der Waals surface area contributed by atoms with Gasteiger partial charge < -0.3 is 5.32 Å². The summed E-state index contributed by atoms with van der Waals surface area (Å²) in [6.07, 6.45) is 17.9. The van der Waals surface area contributed by atoms with Gasteiger partial charge in [0.2, 0.25) is 0 Å². The molecule has 1 unspecified atom stereocenters. The fourth-order valence-corrected chi connectivity index (χ4v) is 4.86. The summed E-state index contributed by atoms with van der Waals surface area (Å²) in [6.45, 7) is 15.5. The molecule has 2 aromatic rings. The number of anilines is 1. The van der Waals surface area contributed by atoms with Crippen LogP contribution in [0.5, 0.6) is 0 Å². The summed E-state index contributed by atoms with van der Waals surface area (Å²) in [5, 5.41) is 3.33. The zero-order valence-electron chi connectivity index (χ0n) is 25.1. The highest BCUT2D eigenvalue weighted by molar-refractivity contribution is 6.07. The number of aryl methyl sites for hydroxylation is 1. The van der Waals surface area contributed by atoms with Crippen LogP contribution in [0.3, 0.4) is 0 Å². The predicted octanol–water partition coefficient (Wildman–Crippen LogP) is 9.61. The van der Waals surface area contributed by atoms with Gasteiger partial charge in [0.25, 0.3) is 0 Å².